The first-order chi connectivity index (χ1) is 6.43. The van der Waals surface area contributed by atoms with Gasteiger partial charge in [-0.15, -0.1) is 0 Å². The minimum atomic E-state index is -1.38. The molecule has 0 unspecified atom stereocenters. The Morgan fingerprint density at radius 3 is 1.44 bits per heavy atom. The Kier molecular flexibility index (Phi) is 8.66. The van der Waals surface area contributed by atoms with E-state index in [1.54, 1.807) is 13.8 Å². The summed E-state index contributed by atoms with van der Waals surface area (Å²) in [5, 5.41) is 21.2. The van der Waals surface area contributed by atoms with Gasteiger partial charge >= 0.3 is 59.1 Å². The van der Waals surface area contributed by atoms with Crippen molar-refractivity contribution in [3.05, 3.63) is 34.4 Å². The Morgan fingerprint density at radius 2 is 1.19 bits per heavy atom. The fraction of sp³-hybridized carbons (Fsp3) is 0.200. The number of carboxylic acids is 2. The van der Waals surface area contributed by atoms with E-state index in [2.05, 4.69) is 0 Å². The summed E-state index contributed by atoms with van der Waals surface area (Å²) in [5.74, 6) is -2.77. The van der Waals surface area contributed by atoms with Gasteiger partial charge in [0.2, 0.25) is 0 Å². The molecule has 16 heavy (non-hydrogen) atoms. The van der Waals surface area contributed by atoms with Crippen LogP contribution >= 0.6 is 0 Å². The summed E-state index contributed by atoms with van der Waals surface area (Å²) in [6, 6.07) is 2.55. The zero-order valence-corrected chi connectivity index (χ0v) is 13.8. The van der Waals surface area contributed by atoms with Crippen LogP contribution in [-0.4, -0.2) is 11.9 Å². The normalized spacial score (nSPS) is 8.62. The first-order valence-corrected chi connectivity index (χ1v) is 3.97. The van der Waals surface area contributed by atoms with Crippen LogP contribution in [-0.2, 0) is 0 Å². The molecule has 0 N–H and O–H groups in total. The Bertz CT molecular complexity index is 380. The van der Waals surface area contributed by atoms with Crippen molar-refractivity contribution < 1.29 is 78.9 Å². The van der Waals surface area contributed by atoms with Crippen LogP contribution in [0.3, 0.4) is 0 Å². The number of carbonyl (C=O) groups excluding carboxylic acids is 2. The molecule has 0 aliphatic rings. The first kappa shape index (κ1) is 18.5. The number of aromatic carboxylic acids is 2. The van der Waals surface area contributed by atoms with Gasteiger partial charge in [0.15, 0.2) is 0 Å². The molecule has 0 spiro atoms. The predicted octanol–water partition coefficient (Wildman–Crippen LogP) is -6.96. The monoisotopic (exact) mass is 238 g/mol. The molecule has 0 atom stereocenters. The third-order valence-electron chi connectivity index (χ3n) is 2.01. The van der Waals surface area contributed by atoms with Gasteiger partial charge in [-0.1, -0.05) is 6.07 Å². The van der Waals surface area contributed by atoms with Gasteiger partial charge in [0.05, 0.1) is 11.9 Å². The zero-order valence-electron chi connectivity index (χ0n) is 9.79. The van der Waals surface area contributed by atoms with Crippen LogP contribution in [0.1, 0.15) is 31.8 Å². The minimum absolute atomic E-state index is 0. The van der Waals surface area contributed by atoms with Crippen molar-refractivity contribution >= 4 is 11.9 Å². The fourth-order valence-electron chi connectivity index (χ4n) is 1.29. The number of hydrogen-bond donors (Lipinski definition) is 0. The largest absolute Gasteiger partial charge is 1.00 e. The number of hydrogen-bond acceptors (Lipinski definition) is 4. The van der Waals surface area contributed by atoms with Crippen molar-refractivity contribution in [2.45, 2.75) is 13.8 Å². The van der Waals surface area contributed by atoms with E-state index >= 15 is 0 Å². The molecule has 1 rings (SSSR count). The molecule has 0 aliphatic carbocycles. The van der Waals surface area contributed by atoms with Crippen molar-refractivity contribution in [2.75, 3.05) is 0 Å². The summed E-state index contributed by atoms with van der Waals surface area (Å²) in [7, 11) is 0. The number of carboxylic acid groups (broad SMARTS) is 2. The fourth-order valence-corrected chi connectivity index (χ4v) is 1.29. The van der Waals surface area contributed by atoms with E-state index in [9.17, 15) is 19.8 Å². The maximum atomic E-state index is 10.6. The van der Waals surface area contributed by atoms with Gasteiger partial charge in [-0.2, -0.15) is 0 Å². The van der Waals surface area contributed by atoms with E-state index in [-0.39, 0.29) is 70.2 Å². The molecule has 0 aromatic heterocycles. The molecule has 0 aliphatic heterocycles. The van der Waals surface area contributed by atoms with Gasteiger partial charge in [-0.05, 0) is 31.0 Å². The number of aryl methyl sites for hydroxylation is 2. The van der Waals surface area contributed by atoms with Crippen molar-refractivity contribution in [3.63, 3.8) is 0 Å². The molecule has 1 aromatic rings. The van der Waals surface area contributed by atoms with Crippen molar-refractivity contribution in [1.82, 2.24) is 0 Å². The molecule has 0 bridgehead atoms. The Labute approximate surface area is 138 Å². The van der Waals surface area contributed by atoms with Crippen molar-refractivity contribution in [3.8, 4) is 0 Å². The van der Waals surface area contributed by atoms with Crippen LogP contribution in [0.15, 0.2) is 12.1 Å². The van der Waals surface area contributed by atoms with E-state index in [0.717, 1.165) is 6.07 Å². The molecule has 6 heteroatoms. The molecule has 0 amide bonds. The second-order valence-corrected chi connectivity index (χ2v) is 3.06. The summed E-state index contributed by atoms with van der Waals surface area (Å²) in [6.07, 6.45) is 0. The summed E-state index contributed by atoms with van der Waals surface area (Å²) >= 11 is 0. The average molecular weight is 238 g/mol. The summed E-state index contributed by atoms with van der Waals surface area (Å²) in [4.78, 5) is 21.2. The van der Waals surface area contributed by atoms with E-state index in [4.69, 9.17) is 0 Å². The van der Waals surface area contributed by atoms with Gasteiger partial charge in [-0.3, -0.25) is 0 Å². The van der Waals surface area contributed by atoms with Gasteiger partial charge in [0.1, 0.15) is 0 Å². The third-order valence-corrected chi connectivity index (χ3v) is 2.01. The first-order valence-electron chi connectivity index (χ1n) is 3.97. The van der Waals surface area contributed by atoms with Gasteiger partial charge in [0.25, 0.3) is 0 Å². The molecular weight excluding hydrogens is 230 g/mol. The smallest absolute Gasteiger partial charge is 0.545 e. The average Bonchev–Trinajstić information content (AvgIpc) is 2.02. The molecule has 4 nitrogen and oxygen atoms in total. The molecule has 0 radical (unpaired) electrons. The van der Waals surface area contributed by atoms with Crippen LogP contribution in [0.2, 0.25) is 0 Å². The molecule has 1 aromatic carbocycles. The zero-order chi connectivity index (χ0) is 10.9. The van der Waals surface area contributed by atoms with E-state index in [0.29, 0.717) is 11.1 Å². The maximum absolute atomic E-state index is 10.6. The summed E-state index contributed by atoms with van der Waals surface area (Å²) in [5.41, 5.74) is 0.726. The molecule has 0 fully saturated rings. The second kappa shape index (κ2) is 7.48. The molecule has 74 valence electrons. The Hall–Kier alpha value is 0.160. The van der Waals surface area contributed by atoms with E-state index < -0.39 is 11.9 Å². The van der Waals surface area contributed by atoms with Crippen LogP contribution in [0.25, 0.3) is 0 Å². The Balaban J connectivity index is 0. The number of carbonyl (C=O) groups is 2. The van der Waals surface area contributed by atoms with Crippen LogP contribution in [0.4, 0.5) is 0 Å². The maximum Gasteiger partial charge on any atom is 1.00 e. The van der Waals surface area contributed by atoms with Gasteiger partial charge in [-0.25, -0.2) is 0 Å². The standard InChI is InChI=1S/C10H10O4.2Na/c1-5-3-6(2)8(10(13)14)4-7(5)9(11)12;;/h3-4H,1-2H3,(H,11,12)(H,13,14);;/q;2*+1/p-2. The number of rotatable bonds is 2. The minimum Gasteiger partial charge on any atom is -0.545 e. The third kappa shape index (κ3) is 4.20. The van der Waals surface area contributed by atoms with E-state index in [1.807, 2.05) is 0 Å². The van der Waals surface area contributed by atoms with Crippen molar-refractivity contribution in [1.29, 1.82) is 0 Å². The van der Waals surface area contributed by atoms with Crippen LogP contribution in [0, 0.1) is 13.8 Å². The molecule has 0 saturated heterocycles. The van der Waals surface area contributed by atoms with Crippen molar-refractivity contribution in [2.24, 2.45) is 0 Å². The quantitative estimate of drug-likeness (QED) is 0.479. The summed E-state index contributed by atoms with van der Waals surface area (Å²) < 4.78 is 0. The molecule has 0 saturated carbocycles. The second-order valence-electron chi connectivity index (χ2n) is 3.06. The molecular formula is C10H8Na2O4. The SMILES string of the molecule is Cc1cc(C)c(C(=O)[O-])cc1C(=O)[O-].[Na+].[Na+]. The summed E-state index contributed by atoms with van der Waals surface area (Å²) in [6.45, 7) is 3.16. The molecule has 0 heterocycles. The van der Waals surface area contributed by atoms with Gasteiger partial charge in [0, 0.05) is 11.1 Å². The number of benzene rings is 1. The van der Waals surface area contributed by atoms with Crippen LogP contribution < -0.4 is 69.3 Å². The Morgan fingerprint density at radius 1 is 0.875 bits per heavy atom. The van der Waals surface area contributed by atoms with Crippen LogP contribution in [0.5, 0.6) is 0 Å². The van der Waals surface area contributed by atoms with E-state index in [1.165, 1.54) is 6.07 Å². The van der Waals surface area contributed by atoms with Gasteiger partial charge < -0.3 is 19.8 Å². The topological polar surface area (TPSA) is 80.3 Å². The predicted molar refractivity (Wildman–Crippen MR) is 44.6 cm³/mol.